The summed E-state index contributed by atoms with van der Waals surface area (Å²) in [7, 11) is 0. The van der Waals surface area contributed by atoms with E-state index in [-0.39, 0.29) is 29.7 Å². The highest BCUT2D eigenvalue weighted by Crippen LogP contribution is 2.36. The maximum Gasteiger partial charge on any atom is 0.290 e. The molecule has 0 bridgehead atoms. The molecular formula is C15H14N4O3. The SMILES string of the molecule is O=C(NC1CC2C(=O)Nc3ccccc3N2C1)c1ccno1. The predicted molar refractivity (Wildman–Crippen MR) is 78.6 cm³/mol. The maximum absolute atomic E-state index is 12.2. The minimum absolute atomic E-state index is 0.0323. The average molecular weight is 298 g/mol. The lowest BCUT2D eigenvalue weighted by Crippen LogP contribution is -2.44. The number of hydrogen-bond donors (Lipinski definition) is 2. The van der Waals surface area contributed by atoms with Crippen LogP contribution >= 0.6 is 0 Å². The zero-order chi connectivity index (χ0) is 15.1. The summed E-state index contributed by atoms with van der Waals surface area (Å²) in [4.78, 5) is 26.3. The van der Waals surface area contributed by atoms with Gasteiger partial charge < -0.3 is 20.1 Å². The number of rotatable bonds is 2. The van der Waals surface area contributed by atoms with Crippen LogP contribution in [-0.2, 0) is 4.79 Å². The van der Waals surface area contributed by atoms with Crippen LogP contribution in [0, 0.1) is 0 Å². The first-order valence-corrected chi connectivity index (χ1v) is 7.10. The zero-order valence-electron chi connectivity index (χ0n) is 11.7. The van der Waals surface area contributed by atoms with Crippen molar-refractivity contribution in [1.82, 2.24) is 10.5 Å². The summed E-state index contributed by atoms with van der Waals surface area (Å²) in [6.45, 7) is 0.592. The summed E-state index contributed by atoms with van der Waals surface area (Å²) < 4.78 is 4.85. The molecule has 22 heavy (non-hydrogen) atoms. The fourth-order valence-electron chi connectivity index (χ4n) is 3.09. The standard InChI is InChI=1S/C15H14N4O3/c20-14-12-7-9(17-15(21)13-5-6-16-22-13)8-19(12)11-4-2-1-3-10(11)18-14/h1-6,9,12H,7-8H2,(H,17,21)(H,18,20). The Labute approximate surface area is 126 Å². The molecule has 3 heterocycles. The van der Waals surface area contributed by atoms with Gasteiger partial charge in [-0.05, 0) is 18.6 Å². The van der Waals surface area contributed by atoms with Crippen molar-refractivity contribution < 1.29 is 14.1 Å². The van der Waals surface area contributed by atoms with E-state index >= 15 is 0 Å². The van der Waals surface area contributed by atoms with Gasteiger partial charge in [0, 0.05) is 18.7 Å². The lowest BCUT2D eigenvalue weighted by molar-refractivity contribution is -0.117. The second kappa shape index (κ2) is 4.87. The molecule has 1 aromatic heterocycles. The Morgan fingerprint density at radius 1 is 1.36 bits per heavy atom. The molecule has 2 unspecified atom stereocenters. The van der Waals surface area contributed by atoms with Crippen molar-refractivity contribution in [3.63, 3.8) is 0 Å². The Kier molecular flexibility index (Phi) is 2.85. The third-order valence-electron chi connectivity index (χ3n) is 4.07. The summed E-state index contributed by atoms with van der Waals surface area (Å²) in [5.74, 6) is -0.166. The van der Waals surface area contributed by atoms with Crippen molar-refractivity contribution in [3.05, 3.63) is 42.3 Å². The molecule has 2 atom stereocenters. The van der Waals surface area contributed by atoms with Crippen LogP contribution in [0.25, 0.3) is 0 Å². The Bertz CT molecular complexity index is 728. The van der Waals surface area contributed by atoms with E-state index in [4.69, 9.17) is 4.52 Å². The highest BCUT2D eigenvalue weighted by atomic mass is 16.5. The monoisotopic (exact) mass is 298 g/mol. The Morgan fingerprint density at radius 2 is 2.23 bits per heavy atom. The number of nitrogens with one attached hydrogen (secondary N) is 2. The van der Waals surface area contributed by atoms with Crippen LogP contribution in [0.4, 0.5) is 11.4 Å². The van der Waals surface area contributed by atoms with E-state index in [2.05, 4.69) is 15.8 Å². The first kappa shape index (κ1) is 12.9. The molecule has 112 valence electrons. The average Bonchev–Trinajstić information content (AvgIpc) is 3.17. The van der Waals surface area contributed by atoms with Crippen LogP contribution in [-0.4, -0.2) is 35.6 Å². The predicted octanol–water partition coefficient (Wildman–Crippen LogP) is 1.00. The van der Waals surface area contributed by atoms with E-state index in [0.29, 0.717) is 13.0 Å². The molecule has 2 amide bonds. The summed E-state index contributed by atoms with van der Waals surface area (Å²) >= 11 is 0. The topological polar surface area (TPSA) is 87.5 Å². The van der Waals surface area contributed by atoms with Gasteiger partial charge in [-0.2, -0.15) is 0 Å². The highest BCUT2D eigenvalue weighted by molar-refractivity contribution is 6.04. The first-order valence-electron chi connectivity index (χ1n) is 7.10. The lowest BCUT2D eigenvalue weighted by Gasteiger charge is -2.32. The second-order valence-electron chi connectivity index (χ2n) is 5.46. The highest BCUT2D eigenvalue weighted by Gasteiger charge is 2.41. The van der Waals surface area contributed by atoms with Gasteiger partial charge >= 0.3 is 0 Å². The first-order chi connectivity index (χ1) is 10.7. The number of anilines is 2. The number of nitrogens with zero attached hydrogens (tertiary/aromatic N) is 2. The fourth-order valence-corrected chi connectivity index (χ4v) is 3.09. The molecule has 2 aliphatic heterocycles. The number of amides is 2. The molecule has 0 saturated carbocycles. The lowest BCUT2D eigenvalue weighted by atomic mass is 10.1. The smallest absolute Gasteiger partial charge is 0.290 e. The van der Waals surface area contributed by atoms with Gasteiger partial charge in [0.1, 0.15) is 6.04 Å². The minimum atomic E-state index is -0.309. The van der Waals surface area contributed by atoms with E-state index in [0.717, 1.165) is 11.4 Å². The quantitative estimate of drug-likeness (QED) is 0.864. The molecule has 7 heteroatoms. The van der Waals surface area contributed by atoms with Gasteiger partial charge in [0.2, 0.25) is 11.7 Å². The summed E-state index contributed by atoms with van der Waals surface area (Å²) in [6, 6.07) is 8.83. The number of hydrogen-bond acceptors (Lipinski definition) is 5. The molecule has 0 aliphatic carbocycles. The molecular weight excluding hydrogens is 284 g/mol. The third kappa shape index (κ3) is 2.02. The van der Waals surface area contributed by atoms with Crippen LogP contribution < -0.4 is 15.5 Å². The van der Waals surface area contributed by atoms with Crippen molar-refractivity contribution in [2.75, 3.05) is 16.8 Å². The third-order valence-corrected chi connectivity index (χ3v) is 4.07. The van der Waals surface area contributed by atoms with Crippen LogP contribution in [0.3, 0.4) is 0 Å². The number of aromatic nitrogens is 1. The molecule has 2 N–H and O–H groups in total. The molecule has 1 aromatic carbocycles. The normalized spacial score (nSPS) is 22.7. The Morgan fingerprint density at radius 3 is 3.05 bits per heavy atom. The van der Waals surface area contributed by atoms with E-state index in [1.807, 2.05) is 29.2 Å². The van der Waals surface area contributed by atoms with Gasteiger partial charge in [-0.3, -0.25) is 9.59 Å². The Hall–Kier alpha value is -2.83. The molecule has 2 aromatic rings. The van der Waals surface area contributed by atoms with Gasteiger partial charge in [0.15, 0.2) is 0 Å². The molecule has 1 fully saturated rings. The number of carbonyl (C=O) groups excluding carboxylic acids is 2. The van der Waals surface area contributed by atoms with Crippen LogP contribution in [0.5, 0.6) is 0 Å². The molecule has 7 nitrogen and oxygen atoms in total. The molecule has 2 aliphatic rings. The second-order valence-corrected chi connectivity index (χ2v) is 5.46. The van der Waals surface area contributed by atoms with Crippen LogP contribution in [0.15, 0.2) is 41.1 Å². The van der Waals surface area contributed by atoms with Crippen molar-refractivity contribution in [3.8, 4) is 0 Å². The number of fused-ring (bicyclic) bond motifs is 3. The van der Waals surface area contributed by atoms with Gasteiger partial charge in [0.05, 0.1) is 17.6 Å². The summed E-state index contributed by atoms with van der Waals surface area (Å²) in [6.07, 6.45) is 2.00. The molecule has 4 rings (SSSR count). The van der Waals surface area contributed by atoms with E-state index < -0.39 is 0 Å². The van der Waals surface area contributed by atoms with E-state index in [1.54, 1.807) is 0 Å². The van der Waals surface area contributed by atoms with Gasteiger partial charge in [-0.1, -0.05) is 17.3 Å². The summed E-state index contributed by atoms with van der Waals surface area (Å²) in [5, 5.41) is 9.33. The zero-order valence-corrected chi connectivity index (χ0v) is 11.7. The number of para-hydroxylation sites is 2. The van der Waals surface area contributed by atoms with Gasteiger partial charge in [-0.25, -0.2) is 0 Å². The summed E-state index contributed by atoms with van der Waals surface area (Å²) in [5.41, 5.74) is 1.80. The van der Waals surface area contributed by atoms with Crippen LogP contribution in [0.1, 0.15) is 17.0 Å². The molecule has 0 radical (unpaired) electrons. The van der Waals surface area contributed by atoms with Crippen molar-refractivity contribution in [2.45, 2.75) is 18.5 Å². The van der Waals surface area contributed by atoms with E-state index in [9.17, 15) is 9.59 Å². The maximum atomic E-state index is 12.2. The number of carbonyl (C=O) groups is 2. The Balaban J connectivity index is 1.54. The van der Waals surface area contributed by atoms with Crippen LogP contribution in [0.2, 0.25) is 0 Å². The van der Waals surface area contributed by atoms with Crippen molar-refractivity contribution in [1.29, 1.82) is 0 Å². The fraction of sp³-hybridized carbons (Fsp3) is 0.267. The molecule has 1 saturated heterocycles. The molecule has 0 spiro atoms. The van der Waals surface area contributed by atoms with Crippen molar-refractivity contribution in [2.24, 2.45) is 0 Å². The number of benzene rings is 1. The van der Waals surface area contributed by atoms with Gasteiger partial charge in [-0.15, -0.1) is 0 Å². The van der Waals surface area contributed by atoms with E-state index in [1.165, 1.54) is 12.3 Å². The largest absolute Gasteiger partial charge is 0.356 e. The van der Waals surface area contributed by atoms with Gasteiger partial charge in [0.25, 0.3) is 5.91 Å². The minimum Gasteiger partial charge on any atom is -0.356 e. The van der Waals surface area contributed by atoms with Crippen molar-refractivity contribution >= 4 is 23.2 Å².